The first-order valence-electron chi connectivity index (χ1n) is 2.05. The van der Waals surface area contributed by atoms with E-state index in [-0.39, 0.29) is 6.75 Å². The van der Waals surface area contributed by atoms with Crippen molar-refractivity contribution < 1.29 is 0 Å². The van der Waals surface area contributed by atoms with Crippen molar-refractivity contribution in [2.45, 2.75) is 6.92 Å². The van der Waals surface area contributed by atoms with Crippen molar-refractivity contribution in [3.05, 3.63) is 0 Å². The Balaban J connectivity index is 3.00. The average Bonchev–Trinajstić information content (AvgIpc) is 1.68. The molecule has 0 saturated heterocycles. The summed E-state index contributed by atoms with van der Waals surface area (Å²) in [6.45, 7) is 2.64. The molecule has 0 aromatic rings. The van der Waals surface area contributed by atoms with Crippen LogP contribution in [0.2, 0.25) is 0 Å². The monoisotopic (exact) mass is 172 g/mol. The molecule has 0 aromatic heterocycles. The van der Waals surface area contributed by atoms with Crippen LogP contribution >= 0.6 is 37.0 Å². The maximum atomic E-state index is 4.09. The summed E-state index contributed by atoms with van der Waals surface area (Å²) in [5, 5.41) is 0. The molecule has 0 heterocycles. The van der Waals surface area contributed by atoms with Crippen LogP contribution in [0.4, 0.5) is 0 Å². The number of hydrogen-bond acceptors (Lipinski definition) is 2. The van der Waals surface area contributed by atoms with Gasteiger partial charge < -0.3 is 0 Å². The van der Waals surface area contributed by atoms with Gasteiger partial charge in [0.1, 0.15) is 0 Å². The SMILES string of the molecule is C=[PH](CC)SPS. The molecule has 0 aliphatic carbocycles. The Kier molecular flexibility index (Phi) is 6.70. The Labute approximate surface area is 56.7 Å². The summed E-state index contributed by atoms with van der Waals surface area (Å²) < 4.78 is 0. The van der Waals surface area contributed by atoms with Gasteiger partial charge in [-0.25, -0.2) is 0 Å². The molecule has 2 unspecified atom stereocenters. The molecular weight excluding hydrogens is 162 g/mol. The Morgan fingerprint density at radius 1 is 2.00 bits per heavy atom. The minimum atomic E-state index is -0.277. The van der Waals surface area contributed by atoms with E-state index < -0.39 is 0 Å². The van der Waals surface area contributed by atoms with Crippen molar-refractivity contribution in [1.82, 2.24) is 0 Å². The lowest BCUT2D eigenvalue weighted by Gasteiger charge is -1.95. The van der Waals surface area contributed by atoms with Crippen LogP contribution in [0.1, 0.15) is 6.92 Å². The van der Waals surface area contributed by atoms with Crippen LogP contribution in [0, 0.1) is 0 Å². The molecule has 7 heavy (non-hydrogen) atoms. The lowest BCUT2D eigenvalue weighted by molar-refractivity contribution is 1.53. The highest BCUT2D eigenvalue weighted by Gasteiger charge is 1.82. The van der Waals surface area contributed by atoms with Crippen LogP contribution in [0.15, 0.2) is 0 Å². The third-order valence-corrected chi connectivity index (χ3v) is 9.64. The molecule has 0 aromatic carbocycles. The van der Waals surface area contributed by atoms with Crippen molar-refractivity contribution in [3.63, 3.8) is 0 Å². The zero-order valence-electron chi connectivity index (χ0n) is 4.27. The molecule has 0 nitrogen and oxygen atoms in total. The quantitative estimate of drug-likeness (QED) is 0.504. The molecule has 0 aliphatic heterocycles. The van der Waals surface area contributed by atoms with Gasteiger partial charge in [-0.2, -0.15) is 0 Å². The minimum Gasteiger partial charge on any atom is -0.143 e. The van der Waals surface area contributed by atoms with E-state index in [1.54, 1.807) is 0 Å². The van der Waals surface area contributed by atoms with Gasteiger partial charge in [0.25, 0.3) is 0 Å². The summed E-state index contributed by atoms with van der Waals surface area (Å²) in [5.74, 6) is 0. The number of rotatable bonds is 3. The molecular formula is C3H10P2S2. The Bertz CT molecular complexity index is 64.0. The van der Waals surface area contributed by atoms with Gasteiger partial charge in [0.15, 0.2) is 0 Å². The summed E-state index contributed by atoms with van der Waals surface area (Å²) >= 11 is 6.00. The van der Waals surface area contributed by atoms with Gasteiger partial charge in [0.05, 0.1) is 0 Å². The molecule has 0 spiro atoms. The fourth-order valence-corrected chi connectivity index (χ4v) is 7.18. The molecule has 0 N–H and O–H groups in total. The summed E-state index contributed by atoms with van der Waals surface area (Å²) in [6, 6.07) is 0. The van der Waals surface area contributed by atoms with E-state index in [0.717, 1.165) is 6.98 Å². The van der Waals surface area contributed by atoms with Gasteiger partial charge in [0.2, 0.25) is 0 Å². The van der Waals surface area contributed by atoms with Gasteiger partial charge in [-0.3, -0.25) is 0 Å². The van der Waals surface area contributed by atoms with Gasteiger partial charge in [0, 0.05) is 0 Å². The summed E-state index contributed by atoms with van der Waals surface area (Å²) in [4.78, 5) is 0. The highest BCUT2D eigenvalue weighted by atomic mass is 33.2. The van der Waals surface area contributed by atoms with E-state index in [9.17, 15) is 0 Å². The molecule has 0 aliphatic rings. The third kappa shape index (κ3) is 5.30. The second kappa shape index (κ2) is 5.56. The van der Waals surface area contributed by atoms with E-state index >= 15 is 0 Å². The number of thiol groups is 1. The second-order valence-corrected chi connectivity index (χ2v) is 9.63. The third-order valence-electron chi connectivity index (χ3n) is 0.584. The zero-order valence-corrected chi connectivity index (χ0v) is 7.98. The normalized spacial score (nSPS) is 15.7. The molecule has 0 amide bonds. The van der Waals surface area contributed by atoms with Crippen LogP contribution in [0.25, 0.3) is 0 Å². The standard InChI is InChI=1S/C3H10P2S2/c1-3-5(2)7-4-6/h4-6H,2-3H2,1H3. The summed E-state index contributed by atoms with van der Waals surface area (Å²) in [6.07, 6.45) is 5.22. The van der Waals surface area contributed by atoms with Crippen molar-refractivity contribution >= 4 is 43.3 Å². The van der Waals surface area contributed by atoms with Gasteiger partial charge in [-0.1, -0.05) is 20.0 Å². The molecule has 2 atom stereocenters. The maximum Gasteiger partial charge on any atom is -0.00124 e. The first-order chi connectivity index (χ1) is 3.31. The smallest absolute Gasteiger partial charge is 0.00124 e. The van der Waals surface area contributed by atoms with E-state index in [4.69, 9.17) is 0 Å². The zero-order chi connectivity index (χ0) is 5.70. The van der Waals surface area contributed by atoms with Crippen molar-refractivity contribution in [2.24, 2.45) is 0 Å². The second-order valence-electron chi connectivity index (χ2n) is 1.09. The van der Waals surface area contributed by atoms with Crippen molar-refractivity contribution in [1.29, 1.82) is 0 Å². The number of hydrogen-bond donors (Lipinski definition) is 1. The fraction of sp³-hybridized carbons (Fsp3) is 0.667. The highest BCUT2D eigenvalue weighted by molar-refractivity contribution is 8.95. The van der Waals surface area contributed by atoms with Crippen LogP contribution in [-0.4, -0.2) is 12.5 Å². The Morgan fingerprint density at radius 3 is 2.71 bits per heavy atom. The summed E-state index contributed by atoms with van der Waals surface area (Å²) in [5.41, 5.74) is 0. The lowest BCUT2D eigenvalue weighted by atomic mass is 11.0. The average molecular weight is 172 g/mol. The van der Waals surface area contributed by atoms with E-state index in [0.29, 0.717) is 0 Å². The van der Waals surface area contributed by atoms with E-state index in [1.807, 2.05) is 11.0 Å². The Hall–Kier alpha value is 1.43. The van der Waals surface area contributed by atoms with Crippen LogP contribution < -0.4 is 0 Å². The van der Waals surface area contributed by atoms with Gasteiger partial charge in [-0.15, -0.1) is 23.3 Å². The van der Waals surface area contributed by atoms with Gasteiger partial charge >= 0.3 is 0 Å². The molecule has 4 heteroatoms. The van der Waals surface area contributed by atoms with Crippen molar-refractivity contribution in [3.8, 4) is 0 Å². The van der Waals surface area contributed by atoms with E-state index in [2.05, 4.69) is 25.5 Å². The first-order valence-corrected chi connectivity index (χ1v) is 8.52. The first kappa shape index (κ1) is 8.43. The topological polar surface area (TPSA) is 0 Å². The fourth-order valence-electron chi connectivity index (χ4n) is 0.137. The van der Waals surface area contributed by atoms with Crippen molar-refractivity contribution in [2.75, 3.05) is 6.16 Å². The Morgan fingerprint density at radius 2 is 2.57 bits per heavy atom. The van der Waals surface area contributed by atoms with Gasteiger partial charge in [-0.05, 0) is 13.1 Å². The van der Waals surface area contributed by atoms with Crippen LogP contribution in [0.5, 0.6) is 0 Å². The highest BCUT2D eigenvalue weighted by Crippen LogP contribution is 2.51. The largest absolute Gasteiger partial charge is 0.143 e. The minimum absolute atomic E-state index is 0.277. The molecule has 0 rings (SSSR count). The van der Waals surface area contributed by atoms with E-state index in [1.165, 1.54) is 6.16 Å². The molecule has 44 valence electrons. The predicted octanol–water partition coefficient (Wildman–Crippen LogP) is 2.74. The van der Waals surface area contributed by atoms with Crippen LogP contribution in [0.3, 0.4) is 0 Å². The molecule has 0 bridgehead atoms. The molecule has 0 saturated carbocycles. The van der Waals surface area contributed by atoms with Crippen LogP contribution in [-0.2, 0) is 0 Å². The summed E-state index contributed by atoms with van der Waals surface area (Å²) in [7, 11) is 0. The maximum absolute atomic E-state index is 4.09. The molecule has 0 radical (unpaired) electrons. The molecule has 0 fully saturated rings. The lowest BCUT2D eigenvalue weighted by Crippen LogP contribution is -1.53. The predicted molar refractivity (Wildman–Crippen MR) is 50.9 cm³/mol.